The molecule has 0 bridgehead atoms. The number of carbonyl (C=O) groups excluding carboxylic acids is 2. The van der Waals surface area contributed by atoms with Crippen molar-refractivity contribution in [3.05, 3.63) is 47.7 Å². The number of amides is 2. The molecule has 1 atom stereocenters. The van der Waals surface area contributed by atoms with Crippen LogP contribution in [0.4, 0.5) is 5.69 Å². The highest BCUT2D eigenvalue weighted by molar-refractivity contribution is 8.00. The van der Waals surface area contributed by atoms with E-state index >= 15 is 0 Å². The number of para-hydroxylation sites is 1. The molecule has 0 spiro atoms. The summed E-state index contributed by atoms with van der Waals surface area (Å²) in [6, 6.07) is 9.19. The third kappa shape index (κ3) is 4.60. The van der Waals surface area contributed by atoms with Crippen LogP contribution in [0.5, 0.6) is 5.75 Å². The van der Waals surface area contributed by atoms with E-state index in [0.29, 0.717) is 22.9 Å². The van der Waals surface area contributed by atoms with E-state index < -0.39 is 0 Å². The first-order chi connectivity index (χ1) is 13.0. The highest BCUT2D eigenvalue weighted by atomic mass is 32.2. The summed E-state index contributed by atoms with van der Waals surface area (Å²) in [5.41, 5.74) is 1.94. The fourth-order valence-electron chi connectivity index (χ4n) is 3.03. The number of nitrogens with zero attached hydrogens (tertiary/aromatic N) is 1. The van der Waals surface area contributed by atoms with Gasteiger partial charge in [-0.05, 0) is 24.5 Å². The number of anilines is 1. The molecule has 142 valence electrons. The first kappa shape index (κ1) is 19.2. The maximum Gasteiger partial charge on any atom is 0.253 e. The fraction of sp³-hybridized carbons (Fsp3) is 0.350. The summed E-state index contributed by atoms with van der Waals surface area (Å²) in [5, 5.41) is 6.59. The zero-order chi connectivity index (χ0) is 19.4. The molecule has 27 heavy (non-hydrogen) atoms. The second-order valence-electron chi connectivity index (χ2n) is 6.81. The minimum atomic E-state index is -0.230. The Morgan fingerprint density at radius 1 is 1.37 bits per heavy atom. The van der Waals surface area contributed by atoms with Crippen LogP contribution in [0.1, 0.15) is 42.2 Å². The number of pyridine rings is 1. The van der Waals surface area contributed by atoms with Gasteiger partial charge in [0, 0.05) is 11.8 Å². The van der Waals surface area contributed by atoms with Crippen molar-refractivity contribution in [3.63, 3.8) is 0 Å². The molecule has 0 fully saturated rings. The molecule has 0 radical (unpaired) electrons. The zero-order valence-electron chi connectivity index (χ0n) is 15.6. The van der Waals surface area contributed by atoms with Crippen molar-refractivity contribution in [2.24, 2.45) is 5.92 Å². The molecule has 2 aromatic rings. The van der Waals surface area contributed by atoms with Crippen LogP contribution in [0.2, 0.25) is 0 Å². The Hall–Kier alpha value is -2.54. The van der Waals surface area contributed by atoms with Crippen molar-refractivity contribution >= 4 is 29.3 Å². The standard InChI is InChI=1S/C20H23N3O3S/c1-12(2)8-15(14-6-4-5-7-17(14)26-3)23-19(25)13-9-16-20(21-10-13)27-11-18(24)22-16/h4-7,9-10,12,15H,8,11H2,1-3H3,(H,22,24)(H,23,25). The number of methoxy groups -OCH3 is 1. The molecule has 0 aliphatic carbocycles. The monoisotopic (exact) mass is 385 g/mol. The van der Waals surface area contributed by atoms with Crippen molar-refractivity contribution in [2.45, 2.75) is 31.3 Å². The number of hydrogen-bond donors (Lipinski definition) is 2. The van der Waals surface area contributed by atoms with Crippen molar-refractivity contribution in [1.82, 2.24) is 10.3 Å². The number of nitrogens with one attached hydrogen (secondary N) is 2. The lowest BCUT2D eigenvalue weighted by atomic mass is 9.96. The van der Waals surface area contributed by atoms with E-state index in [-0.39, 0.29) is 17.9 Å². The number of ether oxygens (including phenoxy) is 1. The Morgan fingerprint density at radius 2 is 2.15 bits per heavy atom. The largest absolute Gasteiger partial charge is 0.496 e. The maximum atomic E-state index is 12.9. The minimum Gasteiger partial charge on any atom is -0.496 e. The molecule has 2 heterocycles. The predicted molar refractivity (Wildman–Crippen MR) is 106 cm³/mol. The van der Waals surface area contributed by atoms with Crippen LogP contribution < -0.4 is 15.4 Å². The van der Waals surface area contributed by atoms with E-state index in [9.17, 15) is 9.59 Å². The van der Waals surface area contributed by atoms with Gasteiger partial charge in [-0.25, -0.2) is 4.98 Å². The van der Waals surface area contributed by atoms with E-state index in [1.807, 2.05) is 24.3 Å². The fourth-order valence-corrected chi connectivity index (χ4v) is 3.76. The topological polar surface area (TPSA) is 80.3 Å². The Morgan fingerprint density at radius 3 is 2.89 bits per heavy atom. The average molecular weight is 385 g/mol. The molecule has 1 aromatic carbocycles. The third-order valence-electron chi connectivity index (χ3n) is 4.25. The van der Waals surface area contributed by atoms with Gasteiger partial charge < -0.3 is 15.4 Å². The Kier molecular flexibility index (Phi) is 6.01. The molecule has 1 unspecified atom stereocenters. The molecule has 0 saturated heterocycles. The maximum absolute atomic E-state index is 12.9. The molecule has 3 rings (SSSR count). The van der Waals surface area contributed by atoms with Crippen molar-refractivity contribution in [3.8, 4) is 5.75 Å². The SMILES string of the molecule is COc1ccccc1C(CC(C)C)NC(=O)c1cnc2c(c1)NC(=O)CS2. The minimum absolute atomic E-state index is 0.0847. The second kappa shape index (κ2) is 8.43. The van der Waals surface area contributed by atoms with Gasteiger partial charge in [-0.15, -0.1) is 0 Å². The summed E-state index contributed by atoms with van der Waals surface area (Å²) < 4.78 is 5.47. The van der Waals surface area contributed by atoms with E-state index in [4.69, 9.17) is 4.74 Å². The number of fused-ring (bicyclic) bond motifs is 1. The first-order valence-corrected chi connectivity index (χ1v) is 9.83. The van der Waals surface area contributed by atoms with E-state index in [1.165, 1.54) is 11.8 Å². The number of carbonyl (C=O) groups is 2. The van der Waals surface area contributed by atoms with E-state index in [0.717, 1.165) is 22.8 Å². The quantitative estimate of drug-likeness (QED) is 0.793. The molecule has 0 saturated carbocycles. The van der Waals surface area contributed by atoms with E-state index in [1.54, 1.807) is 19.4 Å². The van der Waals surface area contributed by atoms with Gasteiger partial charge in [0.25, 0.3) is 5.91 Å². The van der Waals surface area contributed by atoms with Gasteiger partial charge in [-0.2, -0.15) is 0 Å². The van der Waals surface area contributed by atoms with Gasteiger partial charge in [-0.1, -0.05) is 43.8 Å². The summed E-state index contributed by atoms with van der Waals surface area (Å²) >= 11 is 1.37. The normalized spacial score (nSPS) is 14.3. The van der Waals surface area contributed by atoms with Crippen LogP contribution in [0.15, 0.2) is 41.6 Å². The number of rotatable bonds is 6. The Bertz CT molecular complexity index is 854. The van der Waals surface area contributed by atoms with Gasteiger partial charge >= 0.3 is 0 Å². The second-order valence-corrected chi connectivity index (χ2v) is 7.78. The summed E-state index contributed by atoms with van der Waals surface area (Å²) in [5.74, 6) is 1.16. The lowest BCUT2D eigenvalue weighted by molar-refractivity contribution is -0.113. The highest BCUT2D eigenvalue weighted by Gasteiger charge is 2.22. The molecule has 2 amide bonds. The Labute approximate surface area is 163 Å². The molecule has 2 N–H and O–H groups in total. The smallest absolute Gasteiger partial charge is 0.253 e. The van der Waals surface area contributed by atoms with Crippen LogP contribution in [-0.4, -0.2) is 29.7 Å². The van der Waals surface area contributed by atoms with Crippen LogP contribution in [0, 0.1) is 5.92 Å². The summed E-state index contributed by atoms with van der Waals surface area (Å²) in [7, 11) is 1.63. The predicted octanol–water partition coefficient (Wildman–Crippen LogP) is 3.65. The summed E-state index contributed by atoms with van der Waals surface area (Å²) in [6.07, 6.45) is 2.32. The lowest BCUT2D eigenvalue weighted by Crippen LogP contribution is -2.30. The summed E-state index contributed by atoms with van der Waals surface area (Å²) in [4.78, 5) is 28.8. The number of benzene rings is 1. The first-order valence-electron chi connectivity index (χ1n) is 8.84. The summed E-state index contributed by atoms with van der Waals surface area (Å²) in [6.45, 7) is 4.23. The molecular formula is C20H23N3O3S. The van der Waals surface area contributed by atoms with Gasteiger partial charge in [0.15, 0.2) is 0 Å². The number of aromatic nitrogens is 1. The lowest BCUT2D eigenvalue weighted by Gasteiger charge is -2.23. The third-order valence-corrected chi connectivity index (χ3v) is 5.26. The van der Waals surface area contributed by atoms with Crippen molar-refractivity contribution in [2.75, 3.05) is 18.2 Å². The van der Waals surface area contributed by atoms with Crippen LogP contribution in [0.3, 0.4) is 0 Å². The molecule has 1 aliphatic heterocycles. The molecule has 7 heteroatoms. The van der Waals surface area contributed by atoms with Gasteiger partial charge in [-0.3, -0.25) is 9.59 Å². The molecule has 1 aliphatic rings. The average Bonchev–Trinajstić information content (AvgIpc) is 2.66. The number of hydrogen-bond acceptors (Lipinski definition) is 5. The van der Waals surface area contributed by atoms with E-state index in [2.05, 4.69) is 29.5 Å². The molecule has 6 nitrogen and oxygen atoms in total. The van der Waals surface area contributed by atoms with Gasteiger partial charge in [0.1, 0.15) is 10.8 Å². The Balaban J connectivity index is 1.84. The van der Waals surface area contributed by atoms with Gasteiger partial charge in [0.2, 0.25) is 5.91 Å². The van der Waals surface area contributed by atoms with Crippen LogP contribution in [-0.2, 0) is 4.79 Å². The van der Waals surface area contributed by atoms with Crippen LogP contribution >= 0.6 is 11.8 Å². The molecule has 1 aromatic heterocycles. The van der Waals surface area contributed by atoms with Crippen LogP contribution in [0.25, 0.3) is 0 Å². The molecular weight excluding hydrogens is 362 g/mol. The van der Waals surface area contributed by atoms with Gasteiger partial charge in [0.05, 0.1) is 30.2 Å². The number of thioether (sulfide) groups is 1. The van der Waals surface area contributed by atoms with Crippen molar-refractivity contribution < 1.29 is 14.3 Å². The van der Waals surface area contributed by atoms with Crippen molar-refractivity contribution in [1.29, 1.82) is 0 Å². The zero-order valence-corrected chi connectivity index (χ0v) is 16.4. The highest BCUT2D eigenvalue weighted by Crippen LogP contribution is 2.31.